The van der Waals surface area contributed by atoms with E-state index in [1.807, 2.05) is 6.07 Å². The van der Waals surface area contributed by atoms with Crippen molar-refractivity contribution in [1.29, 1.82) is 0 Å². The Kier molecular flexibility index (Phi) is 4.34. The van der Waals surface area contributed by atoms with Gasteiger partial charge in [-0.25, -0.2) is 4.39 Å². The molecule has 0 saturated carbocycles. The SMILES string of the molecule is OC1CNCC1CNCc1ccc(-c2ccccc2F)o1. The third-order valence-corrected chi connectivity index (χ3v) is 3.81. The molecule has 0 amide bonds. The molecule has 21 heavy (non-hydrogen) atoms. The largest absolute Gasteiger partial charge is 0.460 e. The lowest BCUT2D eigenvalue weighted by Gasteiger charge is -2.13. The molecule has 0 bridgehead atoms. The number of hydrogen-bond acceptors (Lipinski definition) is 4. The fraction of sp³-hybridized carbons (Fsp3) is 0.375. The van der Waals surface area contributed by atoms with Gasteiger partial charge in [0.1, 0.15) is 17.3 Å². The summed E-state index contributed by atoms with van der Waals surface area (Å²) in [6.45, 7) is 2.78. The number of halogens is 1. The molecule has 2 aromatic rings. The molecule has 1 aromatic carbocycles. The topological polar surface area (TPSA) is 57.4 Å². The average molecular weight is 290 g/mol. The molecule has 0 spiro atoms. The molecule has 5 heteroatoms. The van der Waals surface area contributed by atoms with Gasteiger partial charge >= 0.3 is 0 Å². The van der Waals surface area contributed by atoms with E-state index in [9.17, 15) is 9.50 Å². The highest BCUT2D eigenvalue weighted by atomic mass is 19.1. The molecular formula is C16H19FN2O2. The smallest absolute Gasteiger partial charge is 0.137 e. The molecule has 3 rings (SSSR count). The van der Waals surface area contributed by atoms with Crippen LogP contribution >= 0.6 is 0 Å². The number of benzene rings is 1. The van der Waals surface area contributed by atoms with E-state index in [0.717, 1.165) is 18.8 Å². The van der Waals surface area contributed by atoms with Crippen molar-refractivity contribution in [2.45, 2.75) is 12.6 Å². The van der Waals surface area contributed by atoms with Gasteiger partial charge in [-0.15, -0.1) is 0 Å². The lowest BCUT2D eigenvalue weighted by Crippen LogP contribution is -2.30. The lowest BCUT2D eigenvalue weighted by molar-refractivity contribution is 0.146. The number of hydrogen-bond donors (Lipinski definition) is 3. The summed E-state index contributed by atoms with van der Waals surface area (Å²) in [5.74, 6) is 1.23. The molecule has 0 aliphatic carbocycles. The molecule has 2 heterocycles. The van der Waals surface area contributed by atoms with Crippen LogP contribution in [0.2, 0.25) is 0 Å². The molecular weight excluding hydrogens is 271 g/mol. The Hall–Kier alpha value is -1.69. The van der Waals surface area contributed by atoms with E-state index in [-0.39, 0.29) is 17.8 Å². The molecule has 2 atom stereocenters. The van der Waals surface area contributed by atoms with Gasteiger partial charge in [-0.3, -0.25) is 0 Å². The lowest BCUT2D eigenvalue weighted by atomic mass is 10.1. The van der Waals surface area contributed by atoms with E-state index in [4.69, 9.17) is 4.42 Å². The minimum absolute atomic E-state index is 0.228. The summed E-state index contributed by atoms with van der Waals surface area (Å²) in [7, 11) is 0. The Morgan fingerprint density at radius 1 is 1.24 bits per heavy atom. The van der Waals surface area contributed by atoms with Gasteiger partial charge in [0.05, 0.1) is 18.2 Å². The summed E-state index contributed by atoms with van der Waals surface area (Å²) in [6, 6.07) is 10.2. The van der Waals surface area contributed by atoms with Crippen LogP contribution in [0.4, 0.5) is 4.39 Å². The molecule has 3 N–H and O–H groups in total. The Morgan fingerprint density at radius 2 is 2.10 bits per heavy atom. The molecule has 1 saturated heterocycles. The van der Waals surface area contributed by atoms with Crippen molar-refractivity contribution in [3.8, 4) is 11.3 Å². The summed E-state index contributed by atoms with van der Waals surface area (Å²) in [5, 5.41) is 16.1. The van der Waals surface area contributed by atoms with Crippen LogP contribution < -0.4 is 10.6 Å². The number of aliphatic hydroxyl groups excluding tert-OH is 1. The third kappa shape index (κ3) is 3.32. The van der Waals surface area contributed by atoms with Gasteiger partial charge < -0.3 is 20.2 Å². The van der Waals surface area contributed by atoms with Crippen LogP contribution in [0.1, 0.15) is 5.76 Å². The van der Waals surface area contributed by atoms with Crippen LogP contribution in [-0.4, -0.2) is 30.8 Å². The molecule has 1 aliphatic rings. The molecule has 112 valence electrons. The second kappa shape index (κ2) is 6.39. The van der Waals surface area contributed by atoms with Crippen molar-refractivity contribution >= 4 is 0 Å². The Labute approximate surface area is 123 Å². The van der Waals surface area contributed by atoms with Crippen molar-refractivity contribution in [2.75, 3.05) is 19.6 Å². The van der Waals surface area contributed by atoms with Crippen LogP contribution in [0.5, 0.6) is 0 Å². The summed E-state index contributed by atoms with van der Waals surface area (Å²) in [4.78, 5) is 0. The molecule has 1 fully saturated rings. The van der Waals surface area contributed by atoms with E-state index in [1.54, 1.807) is 24.3 Å². The zero-order chi connectivity index (χ0) is 14.7. The third-order valence-electron chi connectivity index (χ3n) is 3.81. The van der Waals surface area contributed by atoms with Crippen LogP contribution in [0.3, 0.4) is 0 Å². The highest BCUT2D eigenvalue weighted by Gasteiger charge is 2.24. The van der Waals surface area contributed by atoms with Gasteiger partial charge in [0, 0.05) is 25.6 Å². The van der Waals surface area contributed by atoms with E-state index < -0.39 is 0 Å². The molecule has 4 nitrogen and oxygen atoms in total. The van der Waals surface area contributed by atoms with Crippen LogP contribution in [0.15, 0.2) is 40.8 Å². The number of rotatable bonds is 5. The first kappa shape index (κ1) is 14.3. The second-order valence-corrected chi connectivity index (χ2v) is 5.36. The number of aliphatic hydroxyl groups is 1. The van der Waals surface area contributed by atoms with Crippen LogP contribution in [0.25, 0.3) is 11.3 Å². The maximum Gasteiger partial charge on any atom is 0.137 e. The van der Waals surface area contributed by atoms with Gasteiger partial charge in [0.15, 0.2) is 0 Å². The summed E-state index contributed by atoms with van der Waals surface area (Å²) >= 11 is 0. The highest BCUT2D eigenvalue weighted by molar-refractivity contribution is 5.58. The monoisotopic (exact) mass is 290 g/mol. The van der Waals surface area contributed by atoms with Gasteiger partial charge in [-0.2, -0.15) is 0 Å². The van der Waals surface area contributed by atoms with Crippen molar-refractivity contribution in [2.24, 2.45) is 5.92 Å². The summed E-state index contributed by atoms with van der Waals surface area (Å²) < 4.78 is 19.3. The minimum Gasteiger partial charge on any atom is -0.460 e. The quantitative estimate of drug-likeness (QED) is 0.785. The zero-order valence-electron chi connectivity index (χ0n) is 11.7. The van der Waals surface area contributed by atoms with Crippen molar-refractivity contribution < 1.29 is 13.9 Å². The second-order valence-electron chi connectivity index (χ2n) is 5.36. The predicted molar refractivity (Wildman–Crippen MR) is 78.2 cm³/mol. The number of β-amino-alcohol motifs (C(OH)–C–C–N with tert-alkyl or cyclic N) is 1. The summed E-state index contributed by atoms with van der Waals surface area (Å²) in [5.41, 5.74) is 0.471. The Morgan fingerprint density at radius 3 is 2.86 bits per heavy atom. The van der Waals surface area contributed by atoms with E-state index >= 15 is 0 Å². The first-order chi connectivity index (χ1) is 10.2. The van der Waals surface area contributed by atoms with E-state index in [0.29, 0.717) is 24.4 Å². The first-order valence-electron chi connectivity index (χ1n) is 7.17. The van der Waals surface area contributed by atoms with Gasteiger partial charge in [0.2, 0.25) is 0 Å². The fourth-order valence-corrected chi connectivity index (χ4v) is 2.59. The maximum atomic E-state index is 13.7. The molecule has 0 radical (unpaired) electrons. The van der Waals surface area contributed by atoms with E-state index in [1.165, 1.54) is 6.07 Å². The van der Waals surface area contributed by atoms with Gasteiger partial charge in [-0.1, -0.05) is 12.1 Å². The van der Waals surface area contributed by atoms with Crippen LogP contribution in [-0.2, 0) is 6.54 Å². The first-order valence-corrected chi connectivity index (χ1v) is 7.17. The standard InChI is InChI=1S/C16H19FN2O2/c17-14-4-2-1-3-13(14)16-6-5-12(21-16)9-18-7-11-8-19-10-15(11)20/h1-6,11,15,18-20H,7-10H2. The Balaban J connectivity index is 1.57. The zero-order valence-corrected chi connectivity index (χ0v) is 11.7. The van der Waals surface area contributed by atoms with Crippen LogP contribution in [0, 0.1) is 11.7 Å². The fourth-order valence-electron chi connectivity index (χ4n) is 2.59. The number of nitrogens with one attached hydrogen (secondary N) is 2. The number of furan rings is 1. The van der Waals surface area contributed by atoms with Crippen molar-refractivity contribution in [1.82, 2.24) is 10.6 Å². The molecule has 1 aromatic heterocycles. The Bertz CT molecular complexity index is 599. The van der Waals surface area contributed by atoms with Crippen molar-refractivity contribution in [3.05, 3.63) is 48.0 Å². The predicted octanol–water partition coefficient (Wildman–Crippen LogP) is 1.76. The molecule has 2 unspecified atom stereocenters. The van der Waals surface area contributed by atoms with Gasteiger partial charge in [0.25, 0.3) is 0 Å². The highest BCUT2D eigenvalue weighted by Crippen LogP contribution is 2.24. The maximum absolute atomic E-state index is 13.7. The minimum atomic E-state index is -0.289. The molecule has 1 aliphatic heterocycles. The summed E-state index contributed by atoms with van der Waals surface area (Å²) in [6.07, 6.45) is -0.289. The van der Waals surface area contributed by atoms with Crippen molar-refractivity contribution in [3.63, 3.8) is 0 Å². The van der Waals surface area contributed by atoms with E-state index in [2.05, 4.69) is 10.6 Å². The normalized spacial score (nSPS) is 21.8. The van der Waals surface area contributed by atoms with Gasteiger partial charge in [-0.05, 0) is 24.3 Å². The average Bonchev–Trinajstić information content (AvgIpc) is 3.10.